The van der Waals surface area contributed by atoms with Gasteiger partial charge in [-0.25, -0.2) is 4.39 Å². The van der Waals surface area contributed by atoms with Crippen LogP contribution in [0.2, 0.25) is 0 Å². The summed E-state index contributed by atoms with van der Waals surface area (Å²) in [6.07, 6.45) is 2.39. The zero-order valence-corrected chi connectivity index (χ0v) is 10.1. The number of aryl methyl sites for hydroxylation is 1. The van der Waals surface area contributed by atoms with Gasteiger partial charge in [0, 0.05) is 17.5 Å². The highest BCUT2D eigenvalue weighted by atomic mass is 19.1. The topological polar surface area (TPSA) is 42.2 Å². The van der Waals surface area contributed by atoms with Crippen LogP contribution in [-0.4, -0.2) is 12.5 Å². The van der Waals surface area contributed by atoms with E-state index in [4.69, 9.17) is 4.42 Å². The fraction of sp³-hybridized carbons (Fsp3) is 0.214. The highest BCUT2D eigenvalue weighted by molar-refractivity contribution is 5.98. The summed E-state index contributed by atoms with van der Waals surface area (Å²) >= 11 is 0. The molecule has 3 nitrogen and oxygen atoms in total. The highest BCUT2D eigenvalue weighted by Gasteiger charge is 2.18. The van der Waals surface area contributed by atoms with E-state index in [0.717, 1.165) is 0 Å². The lowest BCUT2D eigenvalue weighted by Gasteiger charge is -2.00. The number of rotatable bonds is 4. The van der Waals surface area contributed by atoms with Crippen LogP contribution in [0, 0.1) is 12.7 Å². The van der Waals surface area contributed by atoms with Gasteiger partial charge in [-0.3, -0.25) is 4.79 Å². The summed E-state index contributed by atoms with van der Waals surface area (Å²) in [5, 5.41) is 3.32. The Labute approximate surface area is 104 Å². The first-order chi connectivity index (χ1) is 8.65. The molecule has 0 aliphatic heterocycles. The second-order valence-electron chi connectivity index (χ2n) is 4.01. The first-order valence-electron chi connectivity index (χ1n) is 5.72. The lowest BCUT2D eigenvalue weighted by molar-refractivity contribution is 0.0928. The smallest absolute Gasteiger partial charge is 0.287 e. The van der Waals surface area contributed by atoms with Crippen LogP contribution in [0.5, 0.6) is 0 Å². The Morgan fingerprint density at radius 3 is 3.00 bits per heavy atom. The largest absolute Gasteiger partial charge is 0.448 e. The summed E-state index contributed by atoms with van der Waals surface area (Å²) in [7, 11) is 0. The Bertz CT molecular complexity index is 601. The van der Waals surface area contributed by atoms with Crippen molar-refractivity contribution in [2.75, 3.05) is 6.54 Å². The number of hydrogen-bond donors (Lipinski definition) is 1. The predicted molar refractivity (Wildman–Crippen MR) is 68.1 cm³/mol. The molecule has 18 heavy (non-hydrogen) atoms. The maximum Gasteiger partial charge on any atom is 0.287 e. The van der Waals surface area contributed by atoms with E-state index in [1.165, 1.54) is 6.07 Å². The van der Waals surface area contributed by atoms with E-state index >= 15 is 0 Å². The number of carbonyl (C=O) groups excluding carboxylic acids is 1. The Morgan fingerprint density at radius 2 is 2.33 bits per heavy atom. The van der Waals surface area contributed by atoms with Crippen LogP contribution < -0.4 is 5.32 Å². The quantitative estimate of drug-likeness (QED) is 0.666. The highest BCUT2D eigenvalue weighted by Crippen LogP contribution is 2.27. The van der Waals surface area contributed by atoms with Crippen LogP contribution in [0.4, 0.5) is 4.39 Å². The van der Waals surface area contributed by atoms with Crippen molar-refractivity contribution in [3.63, 3.8) is 0 Å². The van der Waals surface area contributed by atoms with Gasteiger partial charge in [0.1, 0.15) is 0 Å². The SMILES string of the molecule is C=CCCNC(=O)c1oc2c(F)cccc2c1C. The van der Waals surface area contributed by atoms with Crippen LogP contribution in [0.1, 0.15) is 22.5 Å². The van der Waals surface area contributed by atoms with Gasteiger partial charge in [-0.05, 0) is 19.4 Å². The summed E-state index contributed by atoms with van der Waals surface area (Å²) in [5.41, 5.74) is 0.782. The van der Waals surface area contributed by atoms with E-state index in [-0.39, 0.29) is 17.3 Å². The van der Waals surface area contributed by atoms with Gasteiger partial charge in [0.2, 0.25) is 0 Å². The van der Waals surface area contributed by atoms with Crippen molar-refractivity contribution in [3.8, 4) is 0 Å². The third kappa shape index (κ3) is 2.14. The number of nitrogens with one attached hydrogen (secondary N) is 1. The summed E-state index contributed by atoms with van der Waals surface area (Å²) in [6.45, 7) is 5.80. The Kier molecular flexibility index (Phi) is 3.46. The van der Waals surface area contributed by atoms with E-state index < -0.39 is 5.82 Å². The van der Waals surface area contributed by atoms with Crippen molar-refractivity contribution >= 4 is 16.9 Å². The molecule has 0 aliphatic rings. The molecule has 0 bridgehead atoms. The molecule has 0 fully saturated rings. The average molecular weight is 247 g/mol. The number of halogens is 1. The standard InChI is InChI=1S/C14H14FNO2/c1-3-4-8-16-14(17)12-9(2)10-6-5-7-11(15)13(10)18-12/h3,5-7H,1,4,8H2,2H3,(H,16,17). The monoisotopic (exact) mass is 247 g/mol. The molecule has 0 aliphatic carbocycles. The molecule has 0 saturated heterocycles. The average Bonchev–Trinajstić information content (AvgIpc) is 2.69. The molecule has 94 valence electrons. The molecule has 1 aromatic heterocycles. The fourth-order valence-electron chi connectivity index (χ4n) is 1.79. The molecule has 1 amide bonds. The molecule has 1 N–H and O–H groups in total. The molecule has 4 heteroatoms. The molecule has 2 rings (SSSR count). The number of fused-ring (bicyclic) bond motifs is 1. The molecule has 0 atom stereocenters. The first-order valence-corrected chi connectivity index (χ1v) is 5.72. The van der Waals surface area contributed by atoms with Gasteiger partial charge in [-0.15, -0.1) is 6.58 Å². The number of benzene rings is 1. The van der Waals surface area contributed by atoms with Crippen LogP contribution in [0.3, 0.4) is 0 Å². The second kappa shape index (κ2) is 5.04. The van der Waals surface area contributed by atoms with Crippen molar-refractivity contribution in [3.05, 3.63) is 48.0 Å². The molecule has 1 heterocycles. The number of hydrogen-bond acceptors (Lipinski definition) is 2. The van der Waals surface area contributed by atoms with Gasteiger partial charge in [0.25, 0.3) is 5.91 Å². The van der Waals surface area contributed by atoms with Crippen molar-refractivity contribution in [2.45, 2.75) is 13.3 Å². The molecular weight excluding hydrogens is 233 g/mol. The maximum atomic E-state index is 13.5. The minimum atomic E-state index is -0.458. The van der Waals surface area contributed by atoms with Crippen molar-refractivity contribution in [1.82, 2.24) is 5.32 Å². The predicted octanol–water partition coefficient (Wildman–Crippen LogP) is 3.19. The van der Waals surface area contributed by atoms with Crippen LogP contribution in [0.15, 0.2) is 35.3 Å². The molecular formula is C14H14FNO2. The molecule has 2 aromatic rings. The molecule has 0 saturated carbocycles. The fourth-order valence-corrected chi connectivity index (χ4v) is 1.79. The second-order valence-corrected chi connectivity index (χ2v) is 4.01. The lowest BCUT2D eigenvalue weighted by Crippen LogP contribution is -2.24. The van der Waals surface area contributed by atoms with Gasteiger partial charge in [0.05, 0.1) is 0 Å². The van der Waals surface area contributed by atoms with E-state index in [0.29, 0.717) is 23.9 Å². The van der Waals surface area contributed by atoms with Gasteiger partial charge >= 0.3 is 0 Å². The number of carbonyl (C=O) groups is 1. The van der Waals surface area contributed by atoms with Crippen molar-refractivity contribution in [2.24, 2.45) is 0 Å². The van der Waals surface area contributed by atoms with Crippen molar-refractivity contribution in [1.29, 1.82) is 0 Å². The van der Waals surface area contributed by atoms with Gasteiger partial charge in [0.15, 0.2) is 17.2 Å². The summed E-state index contributed by atoms with van der Waals surface area (Å²) in [5.74, 6) is -0.621. The van der Waals surface area contributed by atoms with Crippen LogP contribution in [-0.2, 0) is 0 Å². The number of amides is 1. The Hall–Kier alpha value is -2.10. The van der Waals surface area contributed by atoms with Crippen LogP contribution in [0.25, 0.3) is 11.0 Å². The minimum Gasteiger partial charge on any atom is -0.448 e. The third-order valence-electron chi connectivity index (χ3n) is 2.76. The van der Waals surface area contributed by atoms with E-state index in [1.54, 1.807) is 25.1 Å². The minimum absolute atomic E-state index is 0.129. The van der Waals surface area contributed by atoms with Gasteiger partial charge in [-0.2, -0.15) is 0 Å². The normalized spacial score (nSPS) is 10.6. The number of para-hydroxylation sites is 1. The van der Waals surface area contributed by atoms with Gasteiger partial charge < -0.3 is 9.73 Å². The molecule has 1 aromatic carbocycles. The molecule has 0 radical (unpaired) electrons. The summed E-state index contributed by atoms with van der Waals surface area (Å²) < 4.78 is 18.8. The zero-order chi connectivity index (χ0) is 13.1. The van der Waals surface area contributed by atoms with E-state index in [1.807, 2.05) is 0 Å². The lowest BCUT2D eigenvalue weighted by atomic mass is 10.1. The summed E-state index contributed by atoms with van der Waals surface area (Å²) in [4.78, 5) is 11.9. The van der Waals surface area contributed by atoms with E-state index in [9.17, 15) is 9.18 Å². The van der Waals surface area contributed by atoms with Crippen LogP contribution >= 0.6 is 0 Å². The Balaban J connectivity index is 2.34. The Morgan fingerprint density at radius 1 is 1.56 bits per heavy atom. The third-order valence-corrected chi connectivity index (χ3v) is 2.76. The first kappa shape index (κ1) is 12.4. The van der Waals surface area contributed by atoms with E-state index in [2.05, 4.69) is 11.9 Å². The van der Waals surface area contributed by atoms with Crippen molar-refractivity contribution < 1.29 is 13.6 Å². The van der Waals surface area contributed by atoms with Gasteiger partial charge in [-0.1, -0.05) is 18.2 Å². The molecule has 0 unspecified atom stereocenters. The number of furan rings is 1. The summed E-state index contributed by atoms with van der Waals surface area (Å²) in [6, 6.07) is 4.64. The maximum absolute atomic E-state index is 13.5. The zero-order valence-electron chi connectivity index (χ0n) is 10.1. The molecule has 0 spiro atoms.